The van der Waals surface area contributed by atoms with E-state index in [1.807, 2.05) is 0 Å². The van der Waals surface area contributed by atoms with E-state index in [0.717, 1.165) is 11.8 Å². The number of hydrogen-bond acceptors (Lipinski definition) is 1. The third-order valence-corrected chi connectivity index (χ3v) is 2.43. The molecule has 0 aromatic heterocycles. The molecule has 1 fully saturated rings. The number of nitrogens with zero attached hydrogens (tertiary/aromatic N) is 1. The SMILES string of the molecule is CC1C[C@@H](C)CCN(C)C1. The molecule has 10 heavy (non-hydrogen) atoms. The van der Waals surface area contributed by atoms with Gasteiger partial charge in [0.05, 0.1) is 0 Å². The summed E-state index contributed by atoms with van der Waals surface area (Å²) in [7, 11) is 2.23. The molecule has 1 rings (SSSR count). The van der Waals surface area contributed by atoms with Gasteiger partial charge in [-0.1, -0.05) is 13.8 Å². The van der Waals surface area contributed by atoms with E-state index in [1.54, 1.807) is 0 Å². The Bertz CT molecular complexity index is 88.9. The Hall–Kier alpha value is -0.0400. The first-order valence-electron chi connectivity index (χ1n) is 4.37. The van der Waals surface area contributed by atoms with Gasteiger partial charge in [-0.05, 0) is 38.3 Å². The zero-order chi connectivity index (χ0) is 7.56. The number of likely N-dealkylation sites (tertiary alicyclic amines) is 1. The van der Waals surface area contributed by atoms with Gasteiger partial charge in [-0.2, -0.15) is 0 Å². The molecule has 0 aromatic carbocycles. The molecule has 2 atom stereocenters. The topological polar surface area (TPSA) is 3.24 Å². The normalized spacial score (nSPS) is 37.5. The molecular weight excluding hydrogens is 122 g/mol. The van der Waals surface area contributed by atoms with Gasteiger partial charge in [0.1, 0.15) is 0 Å². The van der Waals surface area contributed by atoms with Gasteiger partial charge >= 0.3 is 0 Å². The van der Waals surface area contributed by atoms with E-state index >= 15 is 0 Å². The summed E-state index contributed by atoms with van der Waals surface area (Å²) in [5.74, 6) is 1.85. The van der Waals surface area contributed by atoms with Crippen molar-refractivity contribution >= 4 is 0 Å². The lowest BCUT2D eigenvalue weighted by molar-refractivity contribution is 0.310. The van der Waals surface area contributed by atoms with Crippen LogP contribution in [0.4, 0.5) is 0 Å². The quantitative estimate of drug-likeness (QED) is 0.498. The minimum Gasteiger partial charge on any atom is -0.306 e. The maximum Gasteiger partial charge on any atom is 0.000407 e. The van der Waals surface area contributed by atoms with Crippen LogP contribution in [0.15, 0.2) is 0 Å². The van der Waals surface area contributed by atoms with E-state index in [2.05, 4.69) is 25.8 Å². The zero-order valence-corrected chi connectivity index (χ0v) is 7.43. The second kappa shape index (κ2) is 3.38. The van der Waals surface area contributed by atoms with Crippen LogP contribution in [0.2, 0.25) is 0 Å². The Balaban J connectivity index is 2.38. The van der Waals surface area contributed by atoms with Crippen molar-refractivity contribution in [1.29, 1.82) is 0 Å². The molecular formula is C9H19N. The van der Waals surface area contributed by atoms with Gasteiger partial charge in [0, 0.05) is 6.54 Å². The fourth-order valence-electron chi connectivity index (χ4n) is 1.94. The number of hydrogen-bond donors (Lipinski definition) is 0. The van der Waals surface area contributed by atoms with Gasteiger partial charge in [-0.15, -0.1) is 0 Å². The van der Waals surface area contributed by atoms with E-state index < -0.39 is 0 Å². The maximum absolute atomic E-state index is 2.45. The van der Waals surface area contributed by atoms with Crippen LogP contribution in [0.1, 0.15) is 26.7 Å². The van der Waals surface area contributed by atoms with Crippen molar-refractivity contribution in [2.75, 3.05) is 20.1 Å². The second-order valence-corrected chi connectivity index (χ2v) is 4.00. The Morgan fingerprint density at radius 1 is 1.20 bits per heavy atom. The minimum atomic E-state index is 0.905. The second-order valence-electron chi connectivity index (χ2n) is 4.00. The van der Waals surface area contributed by atoms with Gasteiger partial charge in [0.15, 0.2) is 0 Å². The summed E-state index contributed by atoms with van der Waals surface area (Å²) < 4.78 is 0. The molecule has 1 nitrogen and oxygen atoms in total. The summed E-state index contributed by atoms with van der Waals surface area (Å²) in [4.78, 5) is 2.45. The minimum absolute atomic E-state index is 0.905. The predicted molar refractivity (Wildman–Crippen MR) is 45.1 cm³/mol. The van der Waals surface area contributed by atoms with Crippen molar-refractivity contribution in [3.05, 3.63) is 0 Å². The van der Waals surface area contributed by atoms with Crippen LogP contribution in [0.3, 0.4) is 0 Å². The van der Waals surface area contributed by atoms with E-state index in [-0.39, 0.29) is 0 Å². The van der Waals surface area contributed by atoms with Crippen molar-refractivity contribution in [2.45, 2.75) is 26.7 Å². The third-order valence-electron chi connectivity index (χ3n) is 2.43. The summed E-state index contributed by atoms with van der Waals surface area (Å²) in [5.41, 5.74) is 0. The zero-order valence-electron chi connectivity index (χ0n) is 7.43. The molecule has 1 aliphatic rings. The molecule has 0 amide bonds. The van der Waals surface area contributed by atoms with Gasteiger partial charge in [0.25, 0.3) is 0 Å². The predicted octanol–water partition coefficient (Wildman–Crippen LogP) is 1.98. The first-order chi connectivity index (χ1) is 4.68. The van der Waals surface area contributed by atoms with Crippen LogP contribution < -0.4 is 0 Å². The highest BCUT2D eigenvalue weighted by molar-refractivity contribution is 4.69. The highest BCUT2D eigenvalue weighted by Crippen LogP contribution is 2.19. The Morgan fingerprint density at radius 2 is 1.90 bits per heavy atom. The molecule has 0 N–H and O–H groups in total. The molecule has 1 heterocycles. The Morgan fingerprint density at radius 3 is 2.60 bits per heavy atom. The van der Waals surface area contributed by atoms with Crippen LogP contribution in [-0.2, 0) is 0 Å². The monoisotopic (exact) mass is 141 g/mol. The molecule has 0 radical (unpaired) electrons. The van der Waals surface area contributed by atoms with Crippen molar-refractivity contribution in [2.24, 2.45) is 11.8 Å². The van der Waals surface area contributed by atoms with Gasteiger partial charge in [0.2, 0.25) is 0 Å². The molecule has 1 heteroatoms. The summed E-state index contributed by atoms with van der Waals surface area (Å²) in [5, 5.41) is 0. The van der Waals surface area contributed by atoms with E-state index in [1.165, 1.54) is 25.9 Å². The fourth-order valence-corrected chi connectivity index (χ4v) is 1.94. The summed E-state index contributed by atoms with van der Waals surface area (Å²) in [6.07, 6.45) is 2.81. The highest BCUT2D eigenvalue weighted by Gasteiger charge is 2.15. The molecule has 0 spiro atoms. The van der Waals surface area contributed by atoms with Crippen LogP contribution in [0.5, 0.6) is 0 Å². The van der Waals surface area contributed by atoms with Gasteiger partial charge in [-0.25, -0.2) is 0 Å². The summed E-state index contributed by atoms with van der Waals surface area (Å²) in [6, 6.07) is 0. The van der Waals surface area contributed by atoms with Crippen molar-refractivity contribution in [1.82, 2.24) is 4.90 Å². The Kier molecular flexibility index (Phi) is 2.72. The standard InChI is InChI=1S/C9H19N/c1-8-4-5-10(3)7-9(2)6-8/h8-9H,4-7H2,1-3H3/t8-,9?/m0/s1. The van der Waals surface area contributed by atoms with Crippen LogP contribution in [-0.4, -0.2) is 25.0 Å². The molecule has 60 valence electrons. The van der Waals surface area contributed by atoms with Crippen LogP contribution in [0, 0.1) is 11.8 Å². The van der Waals surface area contributed by atoms with Gasteiger partial charge in [-0.3, -0.25) is 0 Å². The fraction of sp³-hybridized carbons (Fsp3) is 1.00. The smallest absolute Gasteiger partial charge is 0.000407 e. The van der Waals surface area contributed by atoms with Crippen molar-refractivity contribution in [3.63, 3.8) is 0 Å². The first-order valence-corrected chi connectivity index (χ1v) is 4.37. The van der Waals surface area contributed by atoms with Crippen LogP contribution >= 0.6 is 0 Å². The lowest BCUT2D eigenvalue weighted by Crippen LogP contribution is -2.22. The van der Waals surface area contributed by atoms with Gasteiger partial charge < -0.3 is 4.90 Å². The molecule has 1 unspecified atom stereocenters. The Labute approximate surface area is 64.4 Å². The molecule has 0 bridgehead atoms. The number of rotatable bonds is 0. The van der Waals surface area contributed by atoms with E-state index in [0.29, 0.717) is 0 Å². The maximum atomic E-state index is 2.45. The van der Waals surface area contributed by atoms with E-state index in [4.69, 9.17) is 0 Å². The summed E-state index contributed by atoms with van der Waals surface area (Å²) in [6.45, 7) is 7.32. The molecule has 1 saturated heterocycles. The first kappa shape index (κ1) is 8.06. The lowest BCUT2D eigenvalue weighted by Gasteiger charge is -2.15. The molecule has 0 aromatic rings. The average molecular weight is 141 g/mol. The largest absolute Gasteiger partial charge is 0.306 e. The molecule has 1 aliphatic heterocycles. The molecule has 0 saturated carbocycles. The summed E-state index contributed by atoms with van der Waals surface area (Å²) >= 11 is 0. The average Bonchev–Trinajstić information content (AvgIpc) is 1.93. The third kappa shape index (κ3) is 2.30. The van der Waals surface area contributed by atoms with E-state index in [9.17, 15) is 0 Å². The van der Waals surface area contributed by atoms with Crippen LogP contribution in [0.25, 0.3) is 0 Å². The lowest BCUT2D eigenvalue weighted by atomic mass is 9.97. The highest BCUT2D eigenvalue weighted by atomic mass is 15.1. The molecule has 0 aliphatic carbocycles. The van der Waals surface area contributed by atoms with Crippen molar-refractivity contribution in [3.8, 4) is 0 Å². The van der Waals surface area contributed by atoms with Crippen molar-refractivity contribution < 1.29 is 0 Å².